The lowest BCUT2D eigenvalue weighted by atomic mass is 10.0. The maximum Gasteiger partial charge on any atom is 0.410 e. The summed E-state index contributed by atoms with van der Waals surface area (Å²) in [4.78, 5) is 26.1. The van der Waals surface area contributed by atoms with Gasteiger partial charge in [-0.15, -0.1) is 0 Å². The lowest BCUT2D eigenvalue weighted by Gasteiger charge is -2.30. The SMILES string of the molecule is CC(C)(C)OC(=O)N1CC=CC(C(=O)Nc2ccccc2Br)C1. The van der Waals surface area contributed by atoms with E-state index >= 15 is 0 Å². The van der Waals surface area contributed by atoms with Crippen molar-refractivity contribution in [3.05, 3.63) is 40.9 Å². The Hall–Kier alpha value is -1.82. The highest BCUT2D eigenvalue weighted by Crippen LogP contribution is 2.23. The van der Waals surface area contributed by atoms with Crippen LogP contribution in [0.3, 0.4) is 0 Å². The molecule has 1 N–H and O–H groups in total. The number of ether oxygens (including phenoxy) is 1. The summed E-state index contributed by atoms with van der Waals surface area (Å²) < 4.78 is 6.17. The number of nitrogens with one attached hydrogen (secondary N) is 1. The van der Waals surface area contributed by atoms with E-state index in [0.717, 1.165) is 4.47 Å². The third-order valence-corrected chi connectivity index (χ3v) is 3.92. The molecule has 5 nitrogen and oxygen atoms in total. The zero-order valence-electron chi connectivity index (χ0n) is 13.5. The van der Waals surface area contributed by atoms with Crippen molar-refractivity contribution >= 4 is 33.6 Å². The van der Waals surface area contributed by atoms with Crippen molar-refractivity contribution in [1.29, 1.82) is 0 Å². The molecule has 1 aromatic carbocycles. The van der Waals surface area contributed by atoms with Gasteiger partial charge < -0.3 is 15.0 Å². The molecule has 0 bridgehead atoms. The van der Waals surface area contributed by atoms with Crippen LogP contribution in [0.1, 0.15) is 20.8 Å². The van der Waals surface area contributed by atoms with Crippen LogP contribution >= 0.6 is 15.9 Å². The summed E-state index contributed by atoms with van der Waals surface area (Å²) in [5, 5.41) is 2.87. The molecule has 0 saturated heterocycles. The van der Waals surface area contributed by atoms with Crippen molar-refractivity contribution < 1.29 is 14.3 Å². The first-order chi connectivity index (χ1) is 10.8. The normalized spacial score (nSPS) is 17.7. The largest absolute Gasteiger partial charge is 0.444 e. The minimum Gasteiger partial charge on any atom is -0.444 e. The van der Waals surface area contributed by atoms with Gasteiger partial charge in [-0.05, 0) is 48.8 Å². The molecule has 1 unspecified atom stereocenters. The van der Waals surface area contributed by atoms with E-state index < -0.39 is 17.6 Å². The Morgan fingerprint density at radius 2 is 2.00 bits per heavy atom. The minimum absolute atomic E-state index is 0.151. The van der Waals surface area contributed by atoms with Crippen molar-refractivity contribution in [2.75, 3.05) is 18.4 Å². The van der Waals surface area contributed by atoms with Gasteiger partial charge in [-0.1, -0.05) is 24.3 Å². The molecule has 0 aromatic heterocycles. The molecular weight excluding hydrogens is 360 g/mol. The number of nitrogens with zero attached hydrogens (tertiary/aromatic N) is 1. The Balaban J connectivity index is 2.00. The monoisotopic (exact) mass is 380 g/mol. The first kappa shape index (κ1) is 17.5. The Bertz CT molecular complexity index is 623. The summed E-state index contributed by atoms with van der Waals surface area (Å²) in [6.45, 7) is 6.22. The molecule has 0 aliphatic carbocycles. The average molecular weight is 381 g/mol. The van der Waals surface area contributed by atoms with Crippen LogP contribution in [0, 0.1) is 5.92 Å². The van der Waals surface area contributed by atoms with Gasteiger partial charge in [0.15, 0.2) is 0 Å². The predicted molar refractivity (Wildman–Crippen MR) is 93.2 cm³/mol. The second-order valence-electron chi connectivity index (χ2n) is 6.39. The fraction of sp³-hybridized carbons (Fsp3) is 0.412. The van der Waals surface area contributed by atoms with Gasteiger partial charge in [-0.2, -0.15) is 0 Å². The molecular formula is C17H21BrN2O3. The Morgan fingerprint density at radius 3 is 2.65 bits per heavy atom. The van der Waals surface area contributed by atoms with E-state index in [1.165, 1.54) is 4.90 Å². The number of hydrogen-bond acceptors (Lipinski definition) is 3. The molecule has 23 heavy (non-hydrogen) atoms. The standard InChI is InChI=1S/C17H21BrN2O3/c1-17(2,3)23-16(22)20-10-6-7-12(11-20)15(21)19-14-9-5-4-8-13(14)18/h4-9,12H,10-11H2,1-3H3,(H,19,21). The van der Waals surface area contributed by atoms with Crippen LogP contribution in [-0.4, -0.2) is 35.6 Å². The summed E-state index contributed by atoms with van der Waals surface area (Å²) in [7, 11) is 0. The zero-order valence-corrected chi connectivity index (χ0v) is 15.1. The maximum atomic E-state index is 12.4. The second kappa shape index (κ2) is 7.17. The van der Waals surface area contributed by atoms with Crippen molar-refractivity contribution in [3.63, 3.8) is 0 Å². The third kappa shape index (κ3) is 5.10. The van der Waals surface area contributed by atoms with Crippen LogP contribution in [0.4, 0.5) is 10.5 Å². The lowest BCUT2D eigenvalue weighted by molar-refractivity contribution is -0.119. The molecule has 2 amide bonds. The highest BCUT2D eigenvalue weighted by molar-refractivity contribution is 9.10. The molecule has 1 aromatic rings. The van der Waals surface area contributed by atoms with Gasteiger partial charge in [0.1, 0.15) is 5.60 Å². The first-order valence-electron chi connectivity index (χ1n) is 7.46. The number of benzene rings is 1. The third-order valence-electron chi connectivity index (χ3n) is 3.23. The first-order valence-corrected chi connectivity index (χ1v) is 8.25. The van der Waals surface area contributed by atoms with Gasteiger partial charge in [0.2, 0.25) is 5.91 Å². The number of amides is 2. The number of rotatable bonds is 2. The highest BCUT2D eigenvalue weighted by Gasteiger charge is 2.28. The topological polar surface area (TPSA) is 58.6 Å². The van der Waals surface area contributed by atoms with Crippen molar-refractivity contribution in [1.82, 2.24) is 4.90 Å². The van der Waals surface area contributed by atoms with E-state index in [4.69, 9.17) is 4.74 Å². The number of hydrogen-bond donors (Lipinski definition) is 1. The second-order valence-corrected chi connectivity index (χ2v) is 7.24. The van der Waals surface area contributed by atoms with Gasteiger partial charge in [0, 0.05) is 17.6 Å². The van der Waals surface area contributed by atoms with E-state index in [-0.39, 0.29) is 5.91 Å². The maximum absolute atomic E-state index is 12.4. The number of para-hydroxylation sites is 1. The molecule has 0 spiro atoms. The summed E-state index contributed by atoms with van der Waals surface area (Å²) in [5.74, 6) is -0.551. The Morgan fingerprint density at radius 1 is 1.30 bits per heavy atom. The quantitative estimate of drug-likeness (QED) is 0.793. The summed E-state index contributed by atoms with van der Waals surface area (Å²) in [6, 6.07) is 7.41. The number of halogens is 1. The van der Waals surface area contributed by atoms with Crippen LogP contribution in [-0.2, 0) is 9.53 Å². The van der Waals surface area contributed by atoms with Gasteiger partial charge in [0.25, 0.3) is 0 Å². The van der Waals surface area contributed by atoms with E-state index in [1.54, 1.807) is 0 Å². The molecule has 1 atom stereocenters. The average Bonchev–Trinajstić information content (AvgIpc) is 2.48. The van der Waals surface area contributed by atoms with E-state index in [2.05, 4.69) is 21.2 Å². The van der Waals surface area contributed by atoms with Crippen LogP contribution in [0.2, 0.25) is 0 Å². The molecule has 1 aliphatic rings. The molecule has 1 heterocycles. The number of carbonyl (C=O) groups excluding carboxylic acids is 2. The fourth-order valence-corrected chi connectivity index (χ4v) is 2.54. The van der Waals surface area contributed by atoms with Gasteiger partial charge in [-0.3, -0.25) is 4.79 Å². The minimum atomic E-state index is -0.551. The van der Waals surface area contributed by atoms with Crippen LogP contribution < -0.4 is 5.32 Å². The van der Waals surface area contributed by atoms with Crippen LogP contribution in [0.25, 0.3) is 0 Å². The van der Waals surface area contributed by atoms with Crippen molar-refractivity contribution in [2.45, 2.75) is 26.4 Å². The summed E-state index contributed by atoms with van der Waals surface area (Å²) in [5.41, 5.74) is 0.158. The fourth-order valence-electron chi connectivity index (χ4n) is 2.16. The smallest absolute Gasteiger partial charge is 0.410 e. The molecule has 0 fully saturated rings. The van der Waals surface area contributed by atoms with Crippen LogP contribution in [0.5, 0.6) is 0 Å². The van der Waals surface area contributed by atoms with Crippen molar-refractivity contribution in [3.8, 4) is 0 Å². The molecule has 2 rings (SSSR count). The number of carbonyl (C=O) groups is 2. The highest BCUT2D eigenvalue weighted by atomic mass is 79.9. The van der Waals surface area contributed by atoms with Crippen molar-refractivity contribution in [2.24, 2.45) is 5.92 Å². The van der Waals surface area contributed by atoms with E-state index in [1.807, 2.05) is 57.2 Å². The molecule has 6 heteroatoms. The summed E-state index contributed by atoms with van der Waals surface area (Å²) >= 11 is 3.40. The molecule has 1 aliphatic heterocycles. The van der Waals surface area contributed by atoms with Gasteiger partial charge in [0.05, 0.1) is 11.6 Å². The van der Waals surface area contributed by atoms with E-state index in [0.29, 0.717) is 18.8 Å². The number of anilines is 1. The zero-order chi connectivity index (χ0) is 17.0. The Labute approximate surface area is 144 Å². The molecule has 124 valence electrons. The van der Waals surface area contributed by atoms with E-state index in [9.17, 15) is 9.59 Å². The summed E-state index contributed by atoms with van der Waals surface area (Å²) in [6.07, 6.45) is 3.24. The van der Waals surface area contributed by atoms with Crippen LogP contribution in [0.15, 0.2) is 40.9 Å². The van der Waals surface area contributed by atoms with Gasteiger partial charge in [-0.25, -0.2) is 4.79 Å². The lowest BCUT2D eigenvalue weighted by Crippen LogP contribution is -2.43. The predicted octanol–water partition coefficient (Wildman–Crippen LogP) is 3.81. The molecule has 0 radical (unpaired) electrons. The van der Waals surface area contributed by atoms with Gasteiger partial charge >= 0.3 is 6.09 Å². The Kier molecular flexibility index (Phi) is 5.46. The molecule has 0 saturated carbocycles.